The van der Waals surface area contributed by atoms with Crippen LogP contribution in [0.1, 0.15) is 39.1 Å². The number of hydrogen-bond donors (Lipinski definition) is 1. The number of methoxy groups -OCH3 is 6. The molecule has 0 aliphatic carbocycles. The average Bonchev–Trinajstić information content (AvgIpc) is 3.09. The summed E-state index contributed by atoms with van der Waals surface area (Å²) in [5.41, 5.74) is 2.19. The molecule has 0 aromatic heterocycles. The number of allylic oxidation sites excluding steroid dienone is 1. The maximum absolute atomic E-state index is 14.7. The van der Waals surface area contributed by atoms with Gasteiger partial charge in [0.05, 0.1) is 54.1 Å². The number of carbonyl (C=O) groups excluding carboxylic acids is 1. The topological polar surface area (TPSA) is 102 Å². The highest BCUT2D eigenvalue weighted by atomic mass is 16.5. The molecular formula is C36H36O9. The van der Waals surface area contributed by atoms with Crippen LogP contribution in [0.4, 0.5) is 0 Å². The number of carbonyl (C=O) groups is 1. The molecule has 0 unspecified atom stereocenters. The zero-order chi connectivity index (χ0) is 32.1. The van der Waals surface area contributed by atoms with Crippen LogP contribution < -0.4 is 33.2 Å². The number of phenolic OH excluding ortho intramolecular Hbond substituents is 1. The fraction of sp³-hybridized carbons (Fsp3) is 0.250. The minimum absolute atomic E-state index is 0.0696. The molecule has 4 aromatic rings. The number of benzene rings is 4. The molecule has 9 heteroatoms. The van der Waals surface area contributed by atoms with Gasteiger partial charge >= 0.3 is 0 Å². The Hall–Kier alpha value is -5.31. The predicted molar refractivity (Wildman–Crippen MR) is 170 cm³/mol. The first kappa shape index (κ1) is 31.1. The van der Waals surface area contributed by atoms with Crippen LogP contribution in [0.5, 0.6) is 46.0 Å². The summed E-state index contributed by atoms with van der Waals surface area (Å²) in [4.78, 5) is 14.7. The summed E-state index contributed by atoms with van der Waals surface area (Å²) in [6.07, 6.45) is 2.80. The van der Waals surface area contributed by atoms with E-state index in [0.29, 0.717) is 34.1 Å². The standard InChI is InChI=1S/C36H36O9/c1-39-24-19-27(42-4)34(44-6)36-28(24)23(18-17-21-13-9-7-10-14-21)29(31(37)22-15-11-8-12-16-22)35(45-36)30-25(40-2)20-26(41-3)33(43-5)32(30)38/h7-20,23,29,35,38H,1-6H3/b18-17+/t23-,29+,35-/m1/s1. The lowest BCUT2D eigenvalue weighted by molar-refractivity contribution is 0.0611. The van der Waals surface area contributed by atoms with Crippen LogP contribution in [0.25, 0.3) is 6.08 Å². The lowest BCUT2D eigenvalue weighted by atomic mass is 9.72. The minimum atomic E-state index is -1.10. The monoisotopic (exact) mass is 612 g/mol. The van der Waals surface area contributed by atoms with Gasteiger partial charge in [-0.05, 0) is 5.56 Å². The second-order valence-corrected chi connectivity index (χ2v) is 10.2. The van der Waals surface area contributed by atoms with Crippen LogP contribution in [-0.2, 0) is 0 Å². The van der Waals surface area contributed by atoms with Crippen molar-refractivity contribution in [1.82, 2.24) is 0 Å². The summed E-state index contributed by atoms with van der Waals surface area (Å²) in [5.74, 6) is -0.0932. The molecule has 0 spiro atoms. The maximum atomic E-state index is 14.7. The highest BCUT2D eigenvalue weighted by Crippen LogP contribution is 2.60. The van der Waals surface area contributed by atoms with Gasteiger partial charge in [0, 0.05) is 29.2 Å². The first-order chi connectivity index (χ1) is 21.9. The number of ketones is 1. The Labute approximate surface area is 262 Å². The smallest absolute Gasteiger partial charge is 0.203 e. The summed E-state index contributed by atoms with van der Waals surface area (Å²) in [5, 5.41) is 11.7. The third-order valence-corrected chi connectivity index (χ3v) is 7.94. The van der Waals surface area contributed by atoms with Crippen molar-refractivity contribution in [1.29, 1.82) is 0 Å². The van der Waals surface area contributed by atoms with Crippen molar-refractivity contribution in [3.8, 4) is 46.0 Å². The molecule has 5 rings (SSSR count). The molecule has 234 valence electrons. The van der Waals surface area contributed by atoms with Crippen molar-refractivity contribution in [3.63, 3.8) is 0 Å². The van der Waals surface area contributed by atoms with Crippen molar-refractivity contribution in [2.45, 2.75) is 12.0 Å². The van der Waals surface area contributed by atoms with Crippen molar-refractivity contribution in [2.75, 3.05) is 42.7 Å². The first-order valence-corrected chi connectivity index (χ1v) is 14.3. The van der Waals surface area contributed by atoms with Gasteiger partial charge in [-0.3, -0.25) is 4.79 Å². The van der Waals surface area contributed by atoms with Crippen LogP contribution in [0.3, 0.4) is 0 Å². The lowest BCUT2D eigenvalue weighted by Gasteiger charge is -2.40. The molecule has 1 aliphatic heterocycles. The predicted octanol–water partition coefficient (Wildman–Crippen LogP) is 6.87. The van der Waals surface area contributed by atoms with E-state index in [1.54, 1.807) is 43.5 Å². The van der Waals surface area contributed by atoms with Gasteiger partial charge in [0.1, 0.15) is 17.6 Å². The number of Topliss-reactive ketones (excluding diaryl/α,β-unsaturated/α-hetero) is 1. The Kier molecular flexibility index (Phi) is 9.37. The summed E-state index contributed by atoms with van der Waals surface area (Å²) in [6.45, 7) is 0. The van der Waals surface area contributed by atoms with Gasteiger partial charge in [0.2, 0.25) is 11.5 Å². The molecular weight excluding hydrogens is 576 g/mol. The van der Waals surface area contributed by atoms with E-state index in [9.17, 15) is 9.90 Å². The minimum Gasteiger partial charge on any atom is -0.504 e. The molecule has 0 bridgehead atoms. The van der Waals surface area contributed by atoms with E-state index >= 15 is 0 Å². The second-order valence-electron chi connectivity index (χ2n) is 10.2. The van der Waals surface area contributed by atoms with Crippen molar-refractivity contribution in [3.05, 3.63) is 101 Å². The SMILES string of the molecule is COc1cc(OC)c([C@@H]2Oc3c(OC)c(OC)cc(OC)c3[C@@H](/C=C/c3ccccc3)[C@H]2C(=O)c2ccccc2)c(O)c1OC. The van der Waals surface area contributed by atoms with Gasteiger partial charge in [-0.25, -0.2) is 0 Å². The van der Waals surface area contributed by atoms with Crippen molar-refractivity contribution >= 4 is 11.9 Å². The van der Waals surface area contributed by atoms with Gasteiger partial charge in [-0.1, -0.05) is 72.8 Å². The van der Waals surface area contributed by atoms with E-state index in [4.69, 9.17) is 33.2 Å². The quantitative estimate of drug-likeness (QED) is 0.182. The molecule has 0 fully saturated rings. The number of fused-ring (bicyclic) bond motifs is 1. The van der Waals surface area contributed by atoms with Crippen molar-refractivity contribution < 1.29 is 43.1 Å². The van der Waals surface area contributed by atoms with E-state index in [1.807, 2.05) is 48.6 Å². The fourth-order valence-corrected chi connectivity index (χ4v) is 5.86. The van der Waals surface area contributed by atoms with E-state index in [0.717, 1.165) is 5.56 Å². The normalized spacial score (nSPS) is 17.2. The fourth-order valence-electron chi connectivity index (χ4n) is 5.86. The summed E-state index contributed by atoms with van der Waals surface area (Å²) in [7, 11) is 8.91. The Balaban J connectivity index is 1.88. The number of ether oxygens (including phenoxy) is 7. The number of hydrogen-bond acceptors (Lipinski definition) is 9. The summed E-state index contributed by atoms with van der Waals surface area (Å²) in [6, 6.07) is 22.0. The number of phenols is 1. The Morgan fingerprint density at radius 2 is 1.22 bits per heavy atom. The molecule has 1 aliphatic rings. The lowest BCUT2D eigenvalue weighted by Crippen LogP contribution is -2.36. The van der Waals surface area contributed by atoms with Crippen LogP contribution in [0.2, 0.25) is 0 Å². The average molecular weight is 613 g/mol. The van der Waals surface area contributed by atoms with Crippen LogP contribution in [0, 0.1) is 5.92 Å². The Morgan fingerprint density at radius 1 is 0.689 bits per heavy atom. The van der Waals surface area contributed by atoms with Gasteiger partial charge in [0.25, 0.3) is 0 Å². The van der Waals surface area contributed by atoms with Gasteiger partial charge in [-0.2, -0.15) is 0 Å². The Morgan fingerprint density at radius 3 is 1.78 bits per heavy atom. The highest BCUT2D eigenvalue weighted by Gasteiger charge is 2.48. The summed E-state index contributed by atoms with van der Waals surface area (Å²) < 4.78 is 40.9. The molecule has 3 atom stereocenters. The third kappa shape index (κ3) is 5.69. The van der Waals surface area contributed by atoms with Gasteiger partial charge in [0.15, 0.2) is 28.8 Å². The first-order valence-electron chi connectivity index (χ1n) is 14.3. The molecule has 0 saturated carbocycles. The van der Waals surface area contributed by atoms with E-state index in [-0.39, 0.29) is 34.3 Å². The van der Waals surface area contributed by atoms with E-state index < -0.39 is 17.9 Å². The molecule has 4 aromatic carbocycles. The zero-order valence-electron chi connectivity index (χ0n) is 26.0. The maximum Gasteiger partial charge on any atom is 0.203 e. The molecule has 1 N–H and O–H groups in total. The Bertz CT molecular complexity index is 1680. The zero-order valence-corrected chi connectivity index (χ0v) is 26.0. The van der Waals surface area contributed by atoms with Gasteiger partial charge in [-0.15, -0.1) is 0 Å². The van der Waals surface area contributed by atoms with Gasteiger partial charge < -0.3 is 38.3 Å². The molecule has 45 heavy (non-hydrogen) atoms. The largest absolute Gasteiger partial charge is 0.504 e. The molecule has 0 saturated heterocycles. The second kappa shape index (κ2) is 13.5. The van der Waals surface area contributed by atoms with Crippen molar-refractivity contribution in [2.24, 2.45) is 5.92 Å². The third-order valence-electron chi connectivity index (χ3n) is 7.94. The van der Waals surface area contributed by atoms with Crippen LogP contribution >= 0.6 is 0 Å². The number of aromatic hydroxyl groups is 1. The molecule has 0 radical (unpaired) electrons. The highest BCUT2D eigenvalue weighted by molar-refractivity contribution is 6.00. The molecule has 9 nitrogen and oxygen atoms in total. The molecule has 1 heterocycles. The van der Waals surface area contributed by atoms with E-state index in [2.05, 4.69) is 0 Å². The van der Waals surface area contributed by atoms with Crippen LogP contribution in [0.15, 0.2) is 78.9 Å². The van der Waals surface area contributed by atoms with Crippen LogP contribution in [-0.4, -0.2) is 53.5 Å². The molecule has 0 amide bonds. The van der Waals surface area contributed by atoms with E-state index in [1.165, 1.54) is 35.5 Å². The number of rotatable bonds is 11. The summed E-state index contributed by atoms with van der Waals surface area (Å²) >= 11 is 0.